The Kier molecular flexibility index (Phi) is 7.37. The van der Waals surface area contributed by atoms with Crippen molar-refractivity contribution in [3.8, 4) is 0 Å². The summed E-state index contributed by atoms with van der Waals surface area (Å²) in [7, 11) is 0. The number of likely N-dealkylation sites (N-methyl/N-ethyl adjacent to an activating group) is 1. The van der Waals surface area contributed by atoms with Crippen molar-refractivity contribution in [2.45, 2.75) is 58.7 Å². The quantitative estimate of drug-likeness (QED) is 0.567. The monoisotopic (exact) mass is 400 g/mol. The number of esters is 1. The lowest BCUT2D eigenvalue weighted by Crippen LogP contribution is -2.39. The van der Waals surface area contributed by atoms with Gasteiger partial charge in [-0.25, -0.2) is 0 Å². The van der Waals surface area contributed by atoms with Gasteiger partial charge in [-0.05, 0) is 70.8 Å². The van der Waals surface area contributed by atoms with Crippen LogP contribution >= 0.6 is 0 Å². The Hall–Kier alpha value is -1.76. The van der Waals surface area contributed by atoms with Gasteiger partial charge in [0.15, 0.2) is 0 Å². The van der Waals surface area contributed by atoms with Crippen LogP contribution in [0, 0.1) is 5.92 Å². The summed E-state index contributed by atoms with van der Waals surface area (Å²) in [6.07, 6.45) is -2.55. The third kappa shape index (κ3) is 6.40. The Balaban J connectivity index is 2.13. The summed E-state index contributed by atoms with van der Waals surface area (Å²) in [5.74, 6) is -0.421. The number of benzene rings is 1. The van der Waals surface area contributed by atoms with E-state index in [1.807, 2.05) is 32.6 Å². The van der Waals surface area contributed by atoms with Gasteiger partial charge in [0.1, 0.15) is 5.60 Å². The third-order valence-electron chi connectivity index (χ3n) is 4.81. The van der Waals surface area contributed by atoms with Crippen molar-refractivity contribution in [2.75, 3.05) is 31.1 Å². The Labute approximate surface area is 165 Å². The summed E-state index contributed by atoms with van der Waals surface area (Å²) in [5, 5.41) is 3.21. The number of nitrogens with one attached hydrogen (secondary N) is 1. The Morgan fingerprint density at radius 2 is 1.86 bits per heavy atom. The number of alkyl halides is 3. The number of piperidine rings is 1. The number of hydrogen-bond donors (Lipinski definition) is 1. The summed E-state index contributed by atoms with van der Waals surface area (Å²) in [6.45, 7) is 10.1. The summed E-state index contributed by atoms with van der Waals surface area (Å²) >= 11 is 0. The number of nitrogens with zero attached hydrogens (tertiary/aromatic N) is 1. The average Bonchev–Trinajstić information content (AvgIpc) is 2.60. The number of carbonyl (C=O) groups is 1. The van der Waals surface area contributed by atoms with E-state index in [0.29, 0.717) is 44.6 Å². The van der Waals surface area contributed by atoms with E-state index in [9.17, 15) is 18.0 Å². The maximum absolute atomic E-state index is 13.2. The summed E-state index contributed by atoms with van der Waals surface area (Å²) in [5.41, 5.74) is 0.346. The predicted molar refractivity (Wildman–Crippen MR) is 104 cm³/mol. The average molecular weight is 400 g/mol. The minimum Gasteiger partial charge on any atom is -0.460 e. The molecule has 4 nitrogen and oxygen atoms in total. The first-order chi connectivity index (χ1) is 13.0. The fourth-order valence-corrected chi connectivity index (χ4v) is 3.39. The highest BCUT2D eigenvalue weighted by Crippen LogP contribution is 2.35. The molecule has 0 atom stereocenters. The number of carbonyl (C=O) groups excluding carboxylic acids is 1. The molecular weight excluding hydrogens is 369 g/mol. The molecule has 0 unspecified atom stereocenters. The topological polar surface area (TPSA) is 41.6 Å². The van der Waals surface area contributed by atoms with Gasteiger partial charge in [-0.1, -0.05) is 13.0 Å². The van der Waals surface area contributed by atoms with Crippen molar-refractivity contribution in [1.29, 1.82) is 0 Å². The lowest BCUT2D eigenvalue weighted by atomic mass is 9.95. The second kappa shape index (κ2) is 9.16. The normalized spacial score (nSPS) is 16.3. The second-order valence-corrected chi connectivity index (χ2v) is 8.24. The zero-order chi connectivity index (χ0) is 20.9. The van der Waals surface area contributed by atoms with Gasteiger partial charge in [-0.2, -0.15) is 13.2 Å². The van der Waals surface area contributed by atoms with Crippen LogP contribution in [0.2, 0.25) is 0 Å². The van der Waals surface area contributed by atoms with Crippen molar-refractivity contribution >= 4 is 11.7 Å². The van der Waals surface area contributed by atoms with E-state index in [-0.39, 0.29) is 11.9 Å². The minimum atomic E-state index is -4.37. The van der Waals surface area contributed by atoms with Crippen LogP contribution in [0.3, 0.4) is 0 Å². The zero-order valence-corrected chi connectivity index (χ0v) is 17.2. The molecule has 0 bridgehead atoms. The Morgan fingerprint density at radius 1 is 1.21 bits per heavy atom. The van der Waals surface area contributed by atoms with Gasteiger partial charge in [-0.15, -0.1) is 0 Å². The van der Waals surface area contributed by atoms with Crippen LogP contribution in [0.4, 0.5) is 18.9 Å². The maximum Gasteiger partial charge on any atom is 0.416 e. The first-order valence-corrected chi connectivity index (χ1v) is 9.90. The number of rotatable bonds is 6. The van der Waals surface area contributed by atoms with Gasteiger partial charge < -0.3 is 15.0 Å². The molecule has 0 aliphatic carbocycles. The number of hydrogen-bond acceptors (Lipinski definition) is 4. The third-order valence-corrected chi connectivity index (χ3v) is 4.81. The second-order valence-electron chi connectivity index (χ2n) is 8.24. The van der Waals surface area contributed by atoms with Crippen LogP contribution in [-0.4, -0.2) is 37.7 Å². The number of halogens is 3. The highest BCUT2D eigenvalue weighted by Gasteiger charge is 2.33. The number of anilines is 1. The molecule has 1 aliphatic rings. The number of ether oxygens (including phenoxy) is 1. The van der Waals surface area contributed by atoms with Gasteiger partial charge in [0.25, 0.3) is 0 Å². The van der Waals surface area contributed by atoms with E-state index < -0.39 is 17.3 Å². The fourth-order valence-electron chi connectivity index (χ4n) is 3.39. The molecule has 0 saturated carbocycles. The molecule has 158 valence electrons. The van der Waals surface area contributed by atoms with Crippen molar-refractivity contribution < 1.29 is 22.7 Å². The van der Waals surface area contributed by atoms with E-state index in [2.05, 4.69) is 5.32 Å². The van der Waals surface area contributed by atoms with Gasteiger partial charge in [0.05, 0.1) is 11.5 Å². The van der Waals surface area contributed by atoms with Crippen molar-refractivity contribution in [1.82, 2.24) is 5.32 Å². The maximum atomic E-state index is 13.2. The zero-order valence-electron chi connectivity index (χ0n) is 17.2. The highest BCUT2D eigenvalue weighted by atomic mass is 19.4. The molecule has 1 aliphatic heterocycles. The molecule has 7 heteroatoms. The van der Waals surface area contributed by atoms with E-state index in [1.54, 1.807) is 6.07 Å². The molecule has 0 radical (unpaired) electrons. The van der Waals surface area contributed by atoms with Crippen LogP contribution in [0.15, 0.2) is 18.2 Å². The molecule has 28 heavy (non-hydrogen) atoms. The van der Waals surface area contributed by atoms with Gasteiger partial charge in [-0.3, -0.25) is 4.79 Å². The van der Waals surface area contributed by atoms with E-state index in [1.165, 1.54) is 6.07 Å². The predicted octanol–water partition coefficient (Wildman–Crippen LogP) is 4.42. The molecule has 1 N–H and O–H groups in total. The molecule has 1 saturated heterocycles. The molecule has 0 aromatic heterocycles. The Bertz CT molecular complexity index is 661. The molecule has 2 rings (SSSR count). The van der Waals surface area contributed by atoms with Gasteiger partial charge >= 0.3 is 12.1 Å². The van der Waals surface area contributed by atoms with Crippen LogP contribution in [-0.2, 0) is 22.1 Å². The van der Waals surface area contributed by atoms with Crippen LogP contribution in [0.25, 0.3) is 0 Å². The molecule has 0 spiro atoms. The lowest BCUT2D eigenvalue weighted by Gasteiger charge is -2.35. The van der Waals surface area contributed by atoms with Crippen LogP contribution < -0.4 is 10.2 Å². The summed E-state index contributed by atoms with van der Waals surface area (Å²) in [6, 6.07) is 3.97. The summed E-state index contributed by atoms with van der Waals surface area (Å²) < 4.78 is 45.1. The largest absolute Gasteiger partial charge is 0.460 e. The van der Waals surface area contributed by atoms with E-state index in [0.717, 1.165) is 18.2 Å². The van der Waals surface area contributed by atoms with E-state index >= 15 is 0 Å². The molecular formula is C21H31F3N2O2. The van der Waals surface area contributed by atoms with E-state index in [4.69, 9.17) is 4.74 Å². The van der Waals surface area contributed by atoms with Crippen LogP contribution in [0.5, 0.6) is 0 Å². The summed E-state index contributed by atoms with van der Waals surface area (Å²) in [4.78, 5) is 14.3. The Morgan fingerprint density at radius 3 is 2.39 bits per heavy atom. The van der Waals surface area contributed by atoms with Crippen LogP contribution in [0.1, 0.15) is 51.7 Å². The molecule has 1 aromatic carbocycles. The van der Waals surface area contributed by atoms with Crippen molar-refractivity contribution in [2.24, 2.45) is 5.92 Å². The van der Waals surface area contributed by atoms with Gasteiger partial charge in [0, 0.05) is 18.8 Å². The smallest absolute Gasteiger partial charge is 0.416 e. The first kappa shape index (κ1) is 22.5. The fraction of sp³-hybridized carbons (Fsp3) is 0.667. The molecule has 1 fully saturated rings. The van der Waals surface area contributed by atoms with Gasteiger partial charge in [0.2, 0.25) is 0 Å². The van der Waals surface area contributed by atoms with Crippen molar-refractivity contribution in [3.05, 3.63) is 29.3 Å². The molecule has 1 heterocycles. The SMILES string of the molecule is CCNCCc1ccc(C(F)(F)F)cc1N1CCC(C(=O)OC(C)(C)C)CC1. The first-order valence-electron chi connectivity index (χ1n) is 9.90. The minimum absolute atomic E-state index is 0.202. The molecule has 1 aromatic rings. The highest BCUT2D eigenvalue weighted by molar-refractivity contribution is 5.73. The van der Waals surface area contributed by atoms with Crippen molar-refractivity contribution in [3.63, 3.8) is 0 Å². The molecule has 0 amide bonds. The lowest BCUT2D eigenvalue weighted by molar-refractivity contribution is -0.160. The standard InChI is InChI=1S/C21H31F3N2O2/c1-5-25-11-8-15-6-7-17(21(22,23)24)14-18(15)26-12-9-16(10-13-26)19(27)28-20(2,3)4/h6-7,14,16,25H,5,8-13H2,1-4H3.